The number of carbonyl (C=O) groups is 1. The number of nitrogens with one attached hydrogen (secondary N) is 3. The highest BCUT2D eigenvalue weighted by molar-refractivity contribution is 6.02. The van der Waals surface area contributed by atoms with E-state index in [2.05, 4.69) is 25.5 Å². The minimum Gasteiger partial charge on any atom is -0.331 e. The molecule has 2 rings (SSSR count). The van der Waals surface area contributed by atoms with Crippen molar-refractivity contribution < 1.29 is 4.79 Å². The molecule has 0 spiro atoms. The zero-order chi connectivity index (χ0) is 9.10. The van der Waals surface area contributed by atoms with Gasteiger partial charge in [0.2, 0.25) is 5.95 Å². The van der Waals surface area contributed by atoms with Crippen LogP contribution < -0.4 is 5.32 Å². The van der Waals surface area contributed by atoms with Gasteiger partial charge in [-0.15, -0.1) is 0 Å². The van der Waals surface area contributed by atoms with Crippen LogP contribution in [0.15, 0.2) is 24.8 Å². The molecule has 2 heterocycles. The van der Waals surface area contributed by atoms with Gasteiger partial charge in [0, 0.05) is 18.6 Å². The molecule has 0 aliphatic rings. The maximum atomic E-state index is 11.3. The Morgan fingerprint density at radius 3 is 3.08 bits per heavy atom. The van der Waals surface area contributed by atoms with Crippen molar-refractivity contribution in [1.82, 2.24) is 20.2 Å². The van der Waals surface area contributed by atoms with E-state index in [0.29, 0.717) is 11.5 Å². The molecule has 3 N–H and O–H groups in total. The van der Waals surface area contributed by atoms with Crippen LogP contribution in [0.4, 0.5) is 5.95 Å². The largest absolute Gasteiger partial charge is 0.331 e. The fourth-order valence-electron chi connectivity index (χ4n) is 0.888. The molecule has 13 heavy (non-hydrogen) atoms. The predicted octanol–water partition coefficient (Wildman–Crippen LogP) is 0.385. The lowest BCUT2D eigenvalue weighted by molar-refractivity contribution is 0.102. The Labute approximate surface area is 73.4 Å². The molecule has 0 saturated heterocycles. The standard InChI is InChI=1S/C7H7N5O/c13-6(5-3-10-11-4-5)12-7-8-1-2-9-7/h1-4H,(H,10,11)(H2,8,9,12,13). The van der Waals surface area contributed by atoms with Crippen molar-refractivity contribution in [1.29, 1.82) is 0 Å². The normalized spacial score (nSPS) is 9.85. The minimum absolute atomic E-state index is 0.247. The van der Waals surface area contributed by atoms with Crippen LogP contribution in [0.25, 0.3) is 0 Å². The number of nitrogens with zero attached hydrogens (tertiary/aromatic N) is 2. The molecule has 6 heteroatoms. The number of aromatic amines is 2. The monoisotopic (exact) mass is 177 g/mol. The number of anilines is 1. The molecule has 66 valence electrons. The Bertz CT molecular complexity index is 377. The summed E-state index contributed by atoms with van der Waals surface area (Å²) in [7, 11) is 0. The van der Waals surface area contributed by atoms with Crippen molar-refractivity contribution in [3.8, 4) is 0 Å². The maximum Gasteiger partial charge on any atom is 0.261 e. The lowest BCUT2D eigenvalue weighted by Crippen LogP contribution is -2.11. The van der Waals surface area contributed by atoms with Gasteiger partial charge in [0.15, 0.2) is 0 Å². The van der Waals surface area contributed by atoms with Crippen molar-refractivity contribution in [2.75, 3.05) is 5.32 Å². The molecule has 1 amide bonds. The summed E-state index contributed by atoms with van der Waals surface area (Å²) in [5.74, 6) is 0.176. The third-order valence-corrected chi connectivity index (χ3v) is 1.49. The van der Waals surface area contributed by atoms with Gasteiger partial charge in [-0.25, -0.2) is 4.98 Å². The number of aromatic nitrogens is 4. The van der Waals surface area contributed by atoms with Crippen LogP contribution in [0, 0.1) is 0 Å². The average molecular weight is 177 g/mol. The van der Waals surface area contributed by atoms with Crippen LogP contribution in [-0.4, -0.2) is 26.1 Å². The Morgan fingerprint density at radius 1 is 1.54 bits per heavy atom. The SMILES string of the molecule is O=C(Nc1ncc[nH]1)c1cn[nH]c1. The van der Waals surface area contributed by atoms with E-state index < -0.39 is 0 Å². The zero-order valence-electron chi connectivity index (χ0n) is 6.61. The second-order valence-electron chi connectivity index (χ2n) is 2.38. The van der Waals surface area contributed by atoms with E-state index in [1.165, 1.54) is 12.4 Å². The van der Waals surface area contributed by atoms with Crippen LogP contribution in [0.2, 0.25) is 0 Å². The fraction of sp³-hybridized carbons (Fsp3) is 0. The van der Waals surface area contributed by atoms with Crippen LogP contribution in [0.5, 0.6) is 0 Å². The summed E-state index contributed by atoms with van der Waals surface area (Å²) in [6.07, 6.45) is 6.15. The van der Waals surface area contributed by atoms with Gasteiger partial charge in [-0.2, -0.15) is 5.10 Å². The third kappa shape index (κ3) is 1.56. The summed E-state index contributed by atoms with van der Waals surface area (Å²) in [5.41, 5.74) is 0.469. The fourth-order valence-corrected chi connectivity index (χ4v) is 0.888. The van der Waals surface area contributed by atoms with Gasteiger partial charge in [-0.05, 0) is 0 Å². The van der Waals surface area contributed by atoms with Crippen LogP contribution in [0.3, 0.4) is 0 Å². The number of hydrogen-bond acceptors (Lipinski definition) is 3. The number of imidazole rings is 1. The highest BCUT2D eigenvalue weighted by Crippen LogP contribution is 2.00. The molecule has 0 fully saturated rings. The average Bonchev–Trinajstić information content (AvgIpc) is 2.74. The molecule has 0 saturated carbocycles. The van der Waals surface area contributed by atoms with Gasteiger partial charge < -0.3 is 4.98 Å². The molecule has 2 aromatic rings. The van der Waals surface area contributed by atoms with Gasteiger partial charge in [-0.1, -0.05) is 0 Å². The molecule has 0 atom stereocenters. The van der Waals surface area contributed by atoms with E-state index in [1.54, 1.807) is 12.4 Å². The van der Waals surface area contributed by atoms with Crippen molar-refractivity contribution in [3.05, 3.63) is 30.4 Å². The first-order valence-electron chi connectivity index (χ1n) is 3.66. The van der Waals surface area contributed by atoms with Crippen molar-refractivity contribution in [2.45, 2.75) is 0 Å². The minimum atomic E-state index is -0.247. The molecule has 0 aliphatic heterocycles. The van der Waals surface area contributed by atoms with E-state index in [9.17, 15) is 4.79 Å². The predicted molar refractivity (Wildman–Crippen MR) is 45.1 cm³/mol. The maximum absolute atomic E-state index is 11.3. The summed E-state index contributed by atoms with van der Waals surface area (Å²) >= 11 is 0. The molecular formula is C7H7N5O. The Kier molecular flexibility index (Phi) is 1.79. The molecule has 0 radical (unpaired) electrons. The van der Waals surface area contributed by atoms with Crippen molar-refractivity contribution in [2.24, 2.45) is 0 Å². The van der Waals surface area contributed by atoms with Crippen LogP contribution in [-0.2, 0) is 0 Å². The summed E-state index contributed by atoms with van der Waals surface area (Å²) < 4.78 is 0. The zero-order valence-corrected chi connectivity index (χ0v) is 6.61. The molecule has 2 aromatic heterocycles. The first kappa shape index (κ1) is 7.53. The molecule has 0 unspecified atom stereocenters. The van der Waals surface area contributed by atoms with Gasteiger partial charge in [-0.3, -0.25) is 15.2 Å². The summed E-state index contributed by atoms with van der Waals surface area (Å²) in [6, 6.07) is 0. The molecule has 0 aromatic carbocycles. The molecule has 0 bridgehead atoms. The van der Waals surface area contributed by atoms with Gasteiger partial charge in [0.05, 0.1) is 11.8 Å². The van der Waals surface area contributed by atoms with Crippen LogP contribution in [0.1, 0.15) is 10.4 Å². The summed E-state index contributed by atoms with van der Waals surface area (Å²) in [5, 5.41) is 8.76. The van der Waals surface area contributed by atoms with E-state index in [4.69, 9.17) is 0 Å². The summed E-state index contributed by atoms with van der Waals surface area (Å²) in [6.45, 7) is 0. The Hall–Kier alpha value is -2.11. The summed E-state index contributed by atoms with van der Waals surface area (Å²) in [4.78, 5) is 17.9. The number of rotatable bonds is 2. The van der Waals surface area contributed by atoms with E-state index in [-0.39, 0.29) is 5.91 Å². The van der Waals surface area contributed by atoms with Gasteiger partial charge >= 0.3 is 0 Å². The van der Waals surface area contributed by atoms with Gasteiger partial charge in [0.1, 0.15) is 0 Å². The topological polar surface area (TPSA) is 86.5 Å². The van der Waals surface area contributed by atoms with E-state index >= 15 is 0 Å². The van der Waals surface area contributed by atoms with E-state index in [1.807, 2.05) is 0 Å². The molecule has 6 nitrogen and oxygen atoms in total. The lowest BCUT2D eigenvalue weighted by atomic mass is 10.3. The molecule has 0 aliphatic carbocycles. The first-order valence-corrected chi connectivity index (χ1v) is 3.66. The number of amides is 1. The Morgan fingerprint density at radius 2 is 2.46 bits per heavy atom. The lowest BCUT2D eigenvalue weighted by Gasteiger charge is -1.96. The molecular weight excluding hydrogens is 170 g/mol. The quantitative estimate of drug-likeness (QED) is 0.620. The Balaban J connectivity index is 2.08. The number of carbonyl (C=O) groups excluding carboxylic acids is 1. The smallest absolute Gasteiger partial charge is 0.261 e. The highest BCUT2D eigenvalue weighted by Gasteiger charge is 2.06. The van der Waals surface area contributed by atoms with Crippen molar-refractivity contribution in [3.63, 3.8) is 0 Å². The van der Waals surface area contributed by atoms with Crippen molar-refractivity contribution >= 4 is 11.9 Å². The van der Waals surface area contributed by atoms with Gasteiger partial charge in [0.25, 0.3) is 5.91 Å². The number of H-pyrrole nitrogens is 2. The number of hydrogen-bond donors (Lipinski definition) is 3. The van der Waals surface area contributed by atoms with Crippen LogP contribution >= 0.6 is 0 Å². The first-order chi connectivity index (χ1) is 6.36. The second-order valence-corrected chi connectivity index (χ2v) is 2.38. The third-order valence-electron chi connectivity index (χ3n) is 1.49. The van der Waals surface area contributed by atoms with E-state index in [0.717, 1.165) is 0 Å². The second kappa shape index (κ2) is 3.10. The highest BCUT2D eigenvalue weighted by atomic mass is 16.1.